The van der Waals surface area contributed by atoms with Gasteiger partial charge in [0.15, 0.2) is 0 Å². The molecular formula is C14H17NO. The van der Waals surface area contributed by atoms with Gasteiger partial charge in [-0.25, -0.2) is 0 Å². The molecule has 1 aliphatic heterocycles. The molecule has 1 heterocycles. The van der Waals surface area contributed by atoms with Crippen molar-refractivity contribution in [1.29, 1.82) is 0 Å². The van der Waals surface area contributed by atoms with Crippen LogP contribution < -0.4 is 5.32 Å². The summed E-state index contributed by atoms with van der Waals surface area (Å²) in [5, 5.41) is 3.07. The third-order valence-corrected chi connectivity index (χ3v) is 4.13. The molecule has 1 saturated heterocycles. The summed E-state index contributed by atoms with van der Waals surface area (Å²) < 4.78 is 0. The summed E-state index contributed by atoms with van der Waals surface area (Å²) in [6, 6.07) is 10.6. The Morgan fingerprint density at radius 3 is 2.94 bits per heavy atom. The Morgan fingerprint density at radius 2 is 2.12 bits per heavy atom. The number of amides is 1. The number of carbonyl (C=O) groups is 1. The Kier molecular flexibility index (Phi) is 2.23. The summed E-state index contributed by atoms with van der Waals surface area (Å²) in [5.74, 6) is 0.568. The van der Waals surface area contributed by atoms with E-state index >= 15 is 0 Å². The summed E-state index contributed by atoms with van der Waals surface area (Å²) in [4.78, 5) is 11.5. The SMILES string of the molecule is O=C1NCC2(Cc3ccccc3)CCC1C2. The predicted molar refractivity (Wildman–Crippen MR) is 62.9 cm³/mol. The highest BCUT2D eigenvalue weighted by atomic mass is 16.2. The summed E-state index contributed by atoms with van der Waals surface area (Å²) >= 11 is 0. The predicted octanol–water partition coefficient (Wildman–Crippen LogP) is 2.15. The molecule has 2 unspecified atom stereocenters. The van der Waals surface area contributed by atoms with Crippen LogP contribution in [0, 0.1) is 11.3 Å². The zero-order valence-corrected chi connectivity index (χ0v) is 9.41. The van der Waals surface area contributed by atoms with Crippen molar-refractivity contribution in [2.45, 2.75) is 25.7 Å². The van der Waals surface area contributed by atoms with Gasteiger partial charge in [-0.3, -0.25) is 4.79 Å². The number of benzene rings is 1. The van der Waals surface area contributed by atoms with Crippen LogP contribution in [0.2, 0.25) is 0 Å². The van der Waals surface area contributed by atoms with Gasteiger partial charge in [-0.15, -0.1) is 0 Å². The van der Waals surface area contributed by atoms with Crippen molar-refractivity contribution >= 4 is 5.91 Å². The first-order valence-corrected chi connectivity index (χ1v) is 6.09. The Morgan fingerprint density at radius 1 is 1.31 bits per heavy atom. The van der Waals surface area contributed by atoms with E-state index in [1.165, 1.54) is 12.0 Å². The number of rotatable bonds is 2. The highest BCUT2D eigenvalue weighted by Gasteiger charge is 2.45. The van der Waals surface area contributed by atoms with Crippen LogP contribution in [-0.4, -0.2) is 12.5 Å². The summed E-state index contributed by atoms with van der Waals surface area (Å²) in [6.07, 6.45) is 4.49. The van der Waals surface area contributed by atoms with Crippen LogP contribution in [0.5, 0.6) is 0 Å². The Balaban J connectivity index is 1.78. The van der Waals surface area contributed by atoms with Crippen molar-refractivity contribution in [3.05, 3.63) is 35.9 Å². The Hall–Kier alpha value is -1.31. The lowest BCUT2D eigenvalue weighted by Gasteiger charge is -2.33. The maximum absolute atomic E-state index is 11.5. The number of hydrogen-bond acceptors (Lipinski definition) is 1. The molecule has 2 fully saturated rings. The molecule has 2 aliphatic rings. The first kappa shape index (κ1) is 9.88. The Labute approximate surface area is 96.1 Å². The summed E-state index contributed by atoms with van der Waals surface area (Å²) in [5.41, 5.74) is 1.75. The molecule has 2 atom stereocenters. The maximum Gasteiger partial charge on any atom is 0.223 e. The van der Waals surface area contributed by atoms with E-state index < -0.39 is 0 Å². The van der Waals surface area contributed by atoms with E-state index in [-0.39, 0.29) is 11.8 Å². The van der Waals surface area contributed by atoms with Crippen molar-refractivity contribution in [2.75, 3.05) is 6.54 Å². The number of fused-ring (bicyclic) bond motifs is 2. The van der Waals surface area contributed by atoms with Crippen LogP contribution in [0.1, 0.15) is 24.8 Å². The number of nitrogens with one attached hydrogen (secondary N) is 1. The number of piperidine rings is 1. The van der Waals surface area contributed by atoms with Crippen LogP contribution in [0.4, 0.5) is 0 Å². The molecule has 0 aromatic heterocycles. The van der Waals surface area contributed by atoms with Gasteiger partial charge < -0.3 is 5.32 Å². The van der Waals surface area contributed by atoms with Gasteiger partial charge in [-0.05, 0) is 36.7 Å². The minimum atomic E-state index is 0.279. The molecule has 84 valence electrons. The van der Waals surface area contributed by atoms with Gasteiger partial charge in [-0.1, -0.05) is 30.3 Å². The smallest absolute Gasteiger partial charge is 0.223 e. The standard InChI is InChI=1S/C14H17NO/c16-13-12-6-7-14(9-12,10-15-13)8-11-4-2-1-3-5-11/h1-5,12H,6-10H2,(H,15,16). The second-order valence-electron chi connectivity index (χ2n) is 5.32. The van der Waals surface area contributed by atoms with Crippen LogP contribution in [-0.2, 0) is 11.2 Å². The van der Waals surface area contributed by atoms with Crippen LogP contribution in [0.3, 0.4) is 0 Å². The fourth-order valence-electron chi connectivity index (χ4n) is 3.26. The molecule has 2 bridgehead atoms. The van der Waals surface area contributed by atoms with E-state index in [4.69, 9.17) is 0 Å². The van der Waals surface area contributed by atoms with E-state index in [0.29, 0.717) is 5.41 Å². The van der Waals surface area contributed by atoms with Crippen molar-refractivity contribution in [3.8, 4) is 0 Å². The molecule has 1 aromatic carbocycles. The molecule has 0 radical (unpaired) electrons. The molecule has 1 aromatic rings. The van der Waals surface area contributed by atoms with Crippen LogP contribution in [0.25, 0.3) is 0 Å². The van der Waals surface area contributed by atoms with Gasteiger partial charge in [-0.2, -0.15) is 0 Å². The van der Waals surface area contributed by atoms with Crippen molar-refractivity contribution < 1.29 is 4.79 Å². The quantitative estimate of drug-likeness (QED) is 0.804. The normalized spacial score (nSPS) is 32.5. The zero-order chi connectivity index (χ0) is 11.0. The van der Waals surface area contributed by atoms with E-state index in [1.54, 1.807) is 0 Å². The lowest BCUT2D eigenvalue weighted by atomic mass is 9.77. The first-order valence-electron chi connectivity index (χ1n) is 6.09. The third-order valence-electron chi connectivity index (χ3n) is 4.13. The van der Waals surface area contributed by atoms with Crippen molar-refractivity contribution in [1.82, 2.24) is 5.32 Å². The highest BCUT2D eigenvalue weighted by Crippen LogP contribution is 2.46. The third kappa shape index (κ3) is 1.62. The molecule has 1 amide bonds. The van der Waals surface area contributed by atoms with Gasteiger partial charge in [0.25, 0.3) is 0 Å². The summed E-state index contributed by atoms with van der Waals surface area (Å²) in [7, 11) is 0. The Bertz CT molecular complexity index is 400. The van der Waals surface area contributed by atoms with E-state index in [1.807, 2.05) is 0 Å². The molecule has 16 heavy (non-hydrogen) atoms. The van der Waals surface area contributed by atoms with Crippen molar-refractivity contribution in [3.63, 3.8) is 0 Å². The maximum atomic E-state index is 11.5. The van der Waals surface area contributed by atoms with E-state index in [0.717, 1.165) is 25.8 Å². The lowest BCUT2D eigenvalue weighted by molar-refractivity contribution is -0.127. The van der Waals surface area contributed by atoms with Crippen LogP contribution in [0.15, 0.2) is 30.3 Å². The average Bonchev–Trinajstić information content (AvgIpc) is 2.66. The molecular weight excluding hydrogens is 198 g/mol. The second kappa shape index (κ2) is 3.62. The lowest BCUT2D eigenvalue weighted by Crippen LogP contribution is -2.44. The molecule has 2 nitrogen and oxygen atoms in total. The topological polar surface area (TPSA) is 29.1 Å². The summed E-state index contributed by atoms with van der Waals surface area (Å²) in [6.45, 7) is 0.872. The van der Waals surface area contributed by atoms with Gasteiger partial charge in [0.2, 0.25) is 5.91 Å². The average molecular weight is 215 g/mol. The fourth-order valence-corrected chi connectivity index (χ4v) is 3.26. The largest absolute Gasteiger partial charge is 0.355 e. The van der Waals surface area contributed by atoms with Crippen LogP contribution >= 0.6 is 0 Å². The minimum Gasteiger partial charge on any atom is -0.355 e. The van der Waals surface area contributed by atoms with Crippen molar-refractivity contribution in [2.24, 2.45) is 11.3 Å². The molecule has 1 N–H and O–H groups in total. The van der Waals surface area contributed by atoms with Gasteiger partial charge >= 0.3 is 0 Å². The van der Waals surface area contributed by atoms with Gasteiger partial charge in [0, 0.05) is 12.5 Å². The second-order valence-corrected chi connectivity index (χ2v) is 5.32. The van der Waals surface area contributed by atoms with E-state index in [9.17, 15) is 4.79 Å². The molecule has 1 aliphatic carbocycles. The van der Waals surface area contributed by atoms with E-state index in [2.05, 4.69) is 35.6 Å². The monoisotopic (exact) mass is 215 g/mol. The number of hydrogen-bond donors (Lipinski definition) is 1. The molecule has 3 rings (SSSR count). The first-order chi connectivity index (χ1) is 7.77. The highest BCUT2D eigenvalue weighted by molar-refractivity contribution is 5.80. The molecule has 2 heteroatoms. The fraction of sp³-hybridized carbons (Fsp3) is 0.500. The van der Waals surface area contributed by atoms with Gasteiger partial charge in [0.05, 0.1) is 0 Å². The van der Waals surface area contributed by atoms with Gasteiger partial charge in [0.1, 0.15) is 0 Å². The number of carbonyl (C=O) groups excluding carboxylic acids is 1. The molecule has 0 spiro atoms. The minimum absolute atomic E-state index is 0.279. The zero-order valence-electron chi connectivity index (χ0n) is 9.41. The molecule has 1 saturated carbocycles.